The van der Waals surface area contributed by atoms with Crippen LogP contribution in [0.5, 0.6) is 0 Å². The van der Waals surface area contributed by atoms with Crippen LogP contribution >= 0.6 is 27.5 Å². The molecule has 82 valence electrons. The third kappa shape index (κ3) is 2.72. The van der Waals surface area contributed by atoms with Gasteiger partial charge in [-0.15, -0.1) is 0 Å². The van der Waals surface area contributed by atoms with Crippen LogP contribution in [0.1, 0.15) is 21.5 Å². The van der Waals surface area contributed by atoms with Crippen molar-refractivity contribution in [3.05, 3.63) is 33.3 Å². The molecule has 0 unspecified atom stereocenters. The average Bonchev–Trinajstić information content (AvgIpc) is 2.06. The molecular weight excluding hydrogens is 296 g/mol. The molecule has 0 aliphatic rings. The zero-order chi connectivity index (χ0) is 11.8. The number of carbonyl (C=O) groups excluding carboxylic acids is 1. The third-order valence-electron chi connectivity index (χ3n) is 1.82. The van der Waals surface area contributed by atoms with E-state index in [4.69, 9.17) is 11.6 Å². The molecule has 1 nitrogen and oxygen atoms in total. The van der Waals surface area contributed by atoms with Gasteiger partial charge in [-0.1, -0.05) is 15.9 Å². The van der Waals surface area contributed by atoms with Crippen LogP contribution in [-0.2, 0) is 6.18 Å². The quantitative estimate of drug-likeness (QED) is 0.712. The van der Waals surface area contributed by atoms with Gasteiger partial charge in [0.25, 0.3) is 5.24 Å². The Morgan fingerprint density at radius 1 is 1.40 bits per heavy atom. The van der Waals surface area contributed by atoms with Gasteiger partial charge >= 0.3 is 6.18 Å². The fourth-order valence-corrected chi connectivity index (χ4v) is 1.58. The Labute approximate surface area is 97.4 Å². The van der Waals surface area contributed by atoms with Crippen molar-refractivity contribution in [3.8, 4) is 0 Å². The van der Waals surface area contributed by atoms with Gasteiger partial charge in [0.15, 0.2) is 0 Å². The number of benzene rings is 1. The second kappa shape index (κ2) is 4.14. The van der Waals surface area contributed by atoms with Crippen LogP contribution in [0.4, 0.5) is 13.2 Å². The number of hydrogen-bond acceptors (Lipinski definition) is 1. The molecule has 0 aliphatic heterocycles. The molecule has 0 atom stereocenters. The molecule has 0 aromatic heterocycles. The summed E-state index contributed by atoms with van der Waals surface area (Å²) in [7, 11) is 0. The molecule has 0 fully saturated rings. The van der Waals surface area contributed by atoms with E-state index in [-0.39, 0.29) is 4.47 Å². The lowest BCUT2D eigenvalue weighted by molar-refractivity contribution is -0.137. The van der Waals surface area contributed by atoms with Crippen molar-refractivity contribution in [2.45, 2.75) is 13.1 Å². The standard InChI is InChI=1S/C9H5BrClF3O/c1-4-2-5(8(11)15)6(3-7(4)10)9(12,13)14/h2-3H,1H3. The van der Waals surface area contributed by atoms with E-state index in [1.54, 1.807) is 6.92 Å². The Bertz CT molecular complexity index is 415. The van der Waals surface area contributed by atoms with Gasteiger partial charge in [-0.05, 0) is 36.2 Å². The molecule has 0 saturated heterocycles. The van der Waals surface area contributed by atoms with Gasteiger partial charge in [0, 0.05) is 10.0 Å². The molecule has 0 heterocycles. The van der Waals surface area contributed by atoms with E-state index in [1.165, 1.54) is 0 Å². The predicted octanol–water partition coefficient (Wildman–Crippen LogP) is 4.16. The van der Waals surface area contributed by atoms with Gasteiger partial charge in [-0.2, -0.15) is 13.2 Å². The molecule has 1 aromatic carbocycles. The normalized spacial score (nSPS) is 11.6. The highest BCUT2D eigenvalue weighted by Crippen LogP contribution is 2.35. The average molecular weight is 301 g/mol. The highest BCUT2D eigenvalue weighted by molar-refractivity contribution is 9.10. The Balaban J connectivity index is 3.49. The van der Waals surface area contributed by atoms with E-state index in [0.29, 0.717) is 5.56 Å². The molecule has 6 heteroatoms. The van der Waals surface area contributed by atoms with Gasteiger partial charge < -0.3 is 0 Å². The van der Waals surface area contributed by atoms with Crippen molar-refractivity contribution < 1.29 is 18.0 Å². The molecule has 0 saturated carbocycles. The maximum Gasteiger partial charge on any atom is 0.417 e. The minimum Gasteiger partial charge on any atom is -0.276 e. The van der Waals surface area contributed by atoms with Crippen LogP contribution in [-0.4, -0.2) is 5.24 Å². The summed E-state index contributed by atoms with van der Waals surface area (Å²) in [6, 6.07) is 1.97. The first-order valence-electron chi connectivity index (χ1n) is 3.80. The fourth-order valence-electron chi connectivity index (χ4n) is 1.08. The lowest BCUT2D eigenvalue weighted by Gasteiger charge is -2.12. The SMILES string of the molecule is Cc1cc(C(=O)Cl)c(C(F)(F)F)cc1Br. The number of rotatable bonds is 1. The minimum atomic E-state index is -4.59. The molecule has 1 rings (SSSR count). The van der Waals surface area contributed by atoms with Gasteiger partial charge in [-0.25, -0.2) is 0 Å². The molecule has 0 bridgehead atoms. The largest absolute Gasteiger partial charge is 0.417 e. The van der Waals surface area contributed by atoms with Crippen LogP contribution < -0.4 is 0 Å². The monoisotopic (exact) mass is 300 g/mol. The van der Waals surface area contributed by atoms with Crippen molar-refractivity contribution in [3.63, 3.8) is 0 Å². The summed E-state index contributed by atoms with van der Waals surface area (Å²) in [4.78, 5) is 10.8. The summed E-state index contributed by atoms with van der Waals surface area (Å²) in [5, 5.41) is -1.11. The molecule has 0 radical (unpaired) electrons. The van der Waals surface area contributed by atoms with Crippen LogP contribution in [0.25, 0.3) is 0 Å². The van der Waals surface area contributed by atoms with E-state index in [9.17, 15) is 18.0 Å². The lowest BCUT2D eigenvalue weighted by Crippen LogP contribution is -2.11. The molecule has 0 amide bonds. The summed E-state index contributed by atoms with van der Waals surface area (Å²) >= 11 is 8.05. The van der Waals surface area contributed by atoms with Gasteiger partial charge in [0.2, 0.25) is 0 Å². The maximum absolute atomic E-state index is 12.5. The van der Waals surface area contributed by atoms with Crippen LogP contribution in [0.15, 0.2) is 16.6 Å². The second-order valence-corrected chi connectivity index (χ2v) is 4.12. The van der Waals surface area contributed by atoms with E-state index in [2.05, 4.69) is 15.9 Å². The van der Waals surface area contributed by atoms with Gasteiger partial charge in [0.1, 0.15) is 0 Å². The van der Waals surface area contributed by atoms with E-state index >= 15 is 0 Å². The summed E-state index contributed by atoms with van der Waals surface area (Å²) in [6.45, 7) is 1.58. The van der Waals surface area contributed by atoms with Crippen LogP contribution in [0.2, 0.25) is 0 Å². The first kappa shape index (κ1) is 12.5. The summed E-state index contributed by atoms with van der Waals surface area (Å²) in [5.74, 6) is 0. The predicted molar refractivity (Wildman–Crippen MR) is 54.1 cm³/mol. The Hall–Kier alpha value is -0.550. The second-order valence-electron chi connectivity index (χ2n) is 2.92. The van der Waals surface area contributed by atoms with Crippen molar-refractivity contribution in [1.82, 2.24) is 0 Å². The highest BCUT2D eigenvalue weighted by Gasteiger charge is 2.35. The number of aryl methyl sites for hydroxylation is 1. The maximum atomic E-state index is 12.5. The molecule has 0 aliphatic carbocycles. The lowest BCUT2D eigenvalue weighted by atomic mass is 10.1. The third-order valence-corrected chi connectivity index (χ3v) is 2.87. The van der Waals surface area contributed by atoms with Crippen LogP contribution in [0, 0.1) is 6.92 Å². The molecular formula is C9H5BrClF3O. The Kier molecular flexibility index (Phi) is 3.45. The van der Waals surface area contributed by atoms with Crippen LogP contribution in [0.3, 0.4) is 0 Å². The van der Waals surface area contributed by atoms with Gasteiger partial charge in [-0.3, -0.25) is 4.79 Å². The first-order chi connectivity index (χ1) is 6.73. The zero-order valence-corrected chi connectivity index (χ0v) is 9.79. The zero-order valence-electron chi connectivity index (χ0n) is 7.45. The summed E-state index contributed by atoms with van der Waals surface area (Å²) in [6.07, 6.45) is -4.59. The Morgan fingerprint density at radius 3 is 2.33 bits per heavy atom. The van der Waals surface area contributed by atoms with Crippen molar-refractivity contribution in [1.29, 1.82) is 0 Å². The molecule has 0 N–H and O–H groups in total. The van der Waals surface area contributed by atoms with Gasteiger partial charge in [0.05, 0.1) is 5.56 Å². The molecule has 0 spiro atoms. The molecule has 15 heavy (non-hydrogen) atoms. The summed E-state index contributed by atoms with van der Waals surface area (Å²) < 4.78 is 37.8. The highest BCUT2D eigenvalue weighted by atomic mass is 79.9. The number of carbonyl (C=O) groups is 1. The minimum absolute atomic E-state index is 0.288. The van der Waals surface area contributed by atoms with E-state index in [1.807, 2.05) is 0 Å². The summed E-state index contributed by atoms with van der Waals surface area (Å²) in [5.41, 5.74) is -1.03. The van der Waals surface area contributed by atoms with Crippen molar-refractivity contribution in [2.24, 2.45) is 0 Å². The van der Waals surface area contributed by atoms with Crippen molar-refractivity contribution >= 4 is 32.8 Å². The number of alkyl halides is 3. The Morgan fingerprint density at radius 2 is 1.93 bits per heavy atom. The van der Waals surface area contributed by atoms with Crippen molar-refractivity contribution in [2.75, 3.05) is 0 Å². The number of hydrogen-bond donors (Lipinski definition) is 0. The smallest absolute Gasteiger partial charge is 0.276 e. The topological polar surface area (TPSA) is 17.1 Å². The fraction of sp³-hybridized carbons (Fsp3) is 0.222. The first-order valence-corrected chi connectivity index (χ1v) is 4.97. The number of halogens is 5. The van der Waals surface area contributed by atoms with E-state index in [0.717, 1.165) is 12.1 Å². The molecule has 1 aromatic rings. The van der Waals surface area contributed by atoms with E-state index < -0.39 is 22.5 Å².